The molecule has 0 saturated heterocycles. The second kappa shape index (κ2) is 5.26. The molecule has 3 aromatic heterocycles. The van der Waals surface area contributed by atoms with Gasteiger partial charge < -0.3 is 4.98 Å². The normalized spacial score (nSPS) is 26.1. The van der Waals surface area contributed by atoms with Crippen molar-refractivity contribution in [2.24, 2.45) is 5.41 Å². The molecule has 0 aliphatic heterocycles. The van der Waals surface area contributed by atoms with Gasteiger partial charge in [-0.3, -0.25) is 4.40 Å². The minimum Gasteiger partial charge on any atom is -0.345 e. The van der Waals surface area contributed by atoms with Crippen LogP contribution in [-0.2, 0) is 10.0 Å². The van der Waals surface area contributed by atoms with Gasteiger partial charge in [-0.1, -0.05) is 13.8 Å². The number of nitrogens with one attached hydrogen (secondary N) is 2. The molecule has 0 bridgehead atoms. The minimum absolute atomic E-state index is 0.0588. The highest BCUT2D eigenvalue weighted by atomic mass is 32.2. The highest BCUT2D eigenvalue weighted by Crippen LogP contribution is 2.49. The van der Waals surface area contributed by atoms with E-state index < -0.39 is 10.0 Å². The van der Waals surface area contributed by atoms with Crippen molar-refractivity contribution < 1.29 is 8.42 Å². The van der Waals surface area contributed by atoms with Crippen molar-refractivity contribution in [3.05, 3.63) is 24.3 Å². The highest BCUT2D eigenvalue weighted by molar-refractivity contribution is 7.90. The maximum absolute atomic E-state index is 12.3. The molecule has 2 fully saturated rings. The summed E-state index contributed by atoms with van der Waals surface area (Å²) in [4.78, 5) is 7.48. The van der Waals surface area contributed by atoms with E-state index in [0.29, 0.717) is 5.65 Å². The monoisotopic (exact) mass is 374 g/mol. The highest BCUT2D eigenvalue weighted by Gasteiger charge is 2.46. The van der Waals surface area contributed by atoms with Crippen LogP contribution in [0.25, 0.3) is 16.8 Å². The van der Waals surface area contributed by atoms with Gasteiger partial charge in [0.25, 0.3) is 0 Å². The third-order valence-electron chi connectivity index (χ3n) is 5.81. The summed E-state index contributed by atoms with van der Waals surface area (Å²) in [6.45, 7) is 4.36. The topological polar surface area (TPSA) is 105 Å². The number of hydrogen-bond acceptors (Lipinski definition) is 5. The summed E-state index contributed by atoms with van der Waals surface area (Å²) in [7, 11) is -3.19. The number of hydrogen-bond donors (Lipinski definition) is 2. The molecular formula is C17H22N6O2S. The molecule has 9 heteroatoms. The van der Waals surface area contributed by atoms with Gasteiger partial charge in [0, 0.05) is 18.2 Å². The standard InChI is InChI=1S/C17H22N6O2S/c1-17(2)8-10(22-26(24,25)11-3-4-11)7-12(17)16-21-20-14-9-19-15-13(23(14)16)5-6-18-15/h5-6,9-12,18,22H,3-4,7-8H2,1-2H3/t10-,12+/m1/s1. The van der Waals surface area contributed by atoms with E-state index in [2.05, 4.69) is 38.7 Å². The number of rotatable bonds is 4. The van der Waals surface area contributed by atoms with Crippen molar-refractivity contribution in [2.75, 3.05) is 0 Å². The Morgan fingerprint density at radius 2 is 2.12 bits per heavy atom. The molecule has 2 aliphatic carbocycles. The van der Waals surface area contributed by atoms with Gasteiger partial charge in [-0.25, -0.2) is 18.1 Å². The van der Waals surface area contributed by atoms with E-state index in [0.717, 1.165) is 42.7 Å². The van der Waals surface area contributed by atoms with Crippen LogP contribution < -0.4 is 4.72 Å². The molecule has 0 aromatic carbocycles. The maximum atomic E-state index is 12.3. The molecular weight excluding hydrogens is 352 g/mol. The zero-order valence-electron chi connectivity index (χ0n) is 14.8. The maximum Gasteiger partial charge on any atom is 0.214 e. The Morgan fingerprint density at radius 1 is 1.31 bits per heavy atom. The Morgan fingerprint density at radius 3 is 2.88 bits per heavy atom. The smallest absolute Gasteiger partial charge is 0.214 e. The fourth-order valence-corrected chi connectivity index (χ4v) is 5.93. The zero-order chi connectivity index (χ0) is 18.1. The molecule has 2 N–H and O–H groups in total. The molecule has 2 atom stereocenters. The van der Waals surface area contributed by atoms with Gasteiger partial charge >= 0.3 is 0 Å². The molecule has 138 valence electrons. The summed E-state index contributed by atoms with van der Waals surface area (Å²) in [5.41, 5.74) is 2.37. The number of aromatic amines is 1. The molecule has 2 aliphatic rings. The van der Waals surface area contributed by atoms with Crippen LogP contribution in [0.5, 0.6) is 0 Å². The van der Waals surface area contributed by atoms with Crippen LogP contribution in [0.3, 0.4) is 0 Å². The van der Waals surface area contributed by atoms with Gasteiger partial charge in [0.2, 0.25) is 10.0 Å². The Kier molecular flexibility index (Phi) is 3.28. The van der Waals surface area contributed by atoms with Crippen LogP contribution in [0.1, 0.15) is 51.3 Å². The lowest BCUT2D eigenvalue weighted by Crippen LogP contribution is -2.35. The lowest BCUT2D eigenvalue weighted by Gasteiger charge is -2.25. The lowest BCUT2D eigenvalue weighted by atomic mass is 9.81. The van der Waals surface area contributed by atoms with E-state index in [1.807, 2.05) is 16.7 Å². The molecule has 0 unspecified atom stereocenters. The number of nitrogens with zero attached hydrogens (tertiary/aromatic N) is 4. The summed E-state index contributed by atoms with van der Waals surface area (Å²) in [6, 6.07) is 1.91. The van der Waals surface area contributed by atoms with E-state index in [1.165, 1.54) is 0 Å². The molecule has 26 heavy (non-hydrogen) atoms. The van der Waals surface area contributed by atoms with Gasteiger partial charge in [0.05, 0.1) is 17.0 Å². The molecule has 8 nitrogen and oxygen atoms in total. The number of H-pyrrole nitrogens is 1. The van der Waals surface area contributed by atoms with Gasteiger partial charge in [-0.2, -0.15) is 0 Å². The van der Waals surface area contributed by atoms with Gasteiger partial charge in [-0.15, -0.1) is 10.2 Å². The number of aromatic nitrogens is 5. The zero-order valence-corrected chi connectivity index (χ0v) is 15.6. The molecule has 3 heterocycles. The Labute approximate surface area is 151 Å². The van der Waals surface area contributed by atoms with E-state index in [-0.39, 0.29) is 22.6 Å². The average Bonchev–Trinajstić information content (AvgIpc) is 3.07. The third-order valence-corrected chi connectivity index (χ3v) is 7.82. The Hall–Kier alpha value is -2.00. The second-order valence-electron chi connectivity index (χ2n) is 8.26. The summed E-state index contributed by atoms with van der Waals surface area (Å²) >= 11 is 0. The second-order valence-corrected chi connectivity index (χ2v) is 10.3. The predicted octanol–water partition coefficient (Wildman–Crippen LogP) is 1.96. The van der Waals surface area contributed by atoms with Crippen molar-refractivity contribution in [3.8, 4) is 0 Å². The Bertz CT molecular complexity index is 1100. The van der Waals surface area contributed by atoms with E-state index in [9.17, 15) is 8.42 Å². The van der Waals surface area contributed by atoms with Crippen molar-refractivity contribution in [1.29, 1.82) is 0 Å². The fourth-order valence-electron chi connectivity index (χ4n) is 4.34. The van der Waals surface area contributed by atoms with Crippen LogP contribution in [0, 0.1) is 5.41 Å². The lowest BCUT2D eigenvalue weighted by molar-refractivity contribution is 0.318. The van der Waals surface area contributed by atoms with E-state index in [1.54, 1.807) is 6.20 Å². The number of sulfonamides is 1. The van der Waals surface area contributed by atoms with Crippen LogP contribution in [0.4, 0.5) is 0 Å². The van der Waals surface area contributed by atoms with Crippen molar-refractivity contribution >= 4 is 26.8 Å². The first-order valence-corrected chi connectivity index (χ1v) is 10.6. The molecule has 0 spiro atoms. The van der Waals surface area contributed by atoms with Crippen LogP contribution in [0.2, 0.25) is 0 Å². The molecule has 0 radical (unpaired) electrons. The summed E-state index contributed by atoms with van der Waals surface area (Å²) < 4.78 is 29.7. The van der Waals surface area contributed by atoms with Crippen LogP contribution >= 0.6 is 0 Å². The largest absolute Gasteiger partial charge is 0.345 e. The number of fused-ring (bicyclic) bond motifs is 3. The van der Waals surface area contributed by atoms with Crippen LogP contribution in [-0.4, -0.2) is 44.3 Å². The summed E-state index contributed by atoms with van der Waals surface area (Å²) in [5.74, 6) is 0.995. The van der Waals surface area contributed by atoms with Crippen molar-refractivity contribution in [2.45, 2.75) is 56.7 Å². The van der Waals surface area contributed by atoms with Crippen LogP contribution in [0.15, 0.2) is 18.5 Å². The summed E-state index contributed by atoms with van der Waals surface area (Å²) in [5, 5.41) is 8.57. The minimum atomic E-state index is -3.19. The fraction of sp³-hybridized carbons (Fsp3) is 0.588. The molecule has 0 amide bonds. The van der Waals surface area contributed by atoms with Crippen molar-refractivity contribution in [1.82, 2.24) is 29.3 Å². The Balaban J connectivity index is 1.53. The predicted molar refractivity (Wildman–Crippen MR) is 97.3 cm³/mol. The van der Waals surface area contributed by atoms with E-state index in [4.69, 9.17) is 0 Å². The first-order chi connectivity index (χ1) is 12.4. The SMILES string of the molecule is CC1(C)C[C@H](NS(=O)(=O)C2CC2)C[C@H]1c1nnc2cnc3[nH]ccc3n12. The molecule has 2 saturated carbocycles. The average molecular weight is 374 g/mol. The van der Waals surface area contributed by atoms with Gasteiger partial charge in [0.15, 0.2) is 11.3 Å². The van der Waals surface area contributed by atoms with E-state index >= 15 is 0 Å². The summed E-state index contributed by atoms with van der Waals surface area (Å²) in [6.07, 6.45) is 6.65. The first-order valence-electron chi connectivity index (χ1n) is 9.03. The first kappa shape index (κ1) is 16.2. The third kappa shape index (κ3) is 2.44. The van der Waals surface area contributed by atoms with Gasteiger partial charge in [-0.05, 0) is 37.2 Å². The molecule has 5 rings (SSSR count). The van der Waals surface area contributed by atoms with Crippen molar-refractivity contribution in [3.63, 3.8) is 0 Å². The quantitative estimate of drug-likeness (QED) is 0.726. The molecule has 3 aromatic rings. The van der Waals surface area contributed by atoms with Gasteiger partial charge in [0.1, 0.15) is 5.82 Å².